The number of nitrogens with zero attached hydrogens (tertiary/aromatic N) is 2. The van der Waals surface area contributed by atoms with E-state index in [-0.39, 0.29) is 34.5 Å². The van der Waals surface area contributed by atoms with Gasteiger partial charge in [0.15, 0.2) is 0 Å². The molecule has 2 fully saturated rings. The largest absolute Gasteiger partial charge is 0.496 e. The van der Waals surface area contributed by atoms with Gasteiger partial charge in [0, 0.05) is 55.1 Å². The van der Waals surface area contributed by atoms with E-state index in [9.17, 15) is 23.6 Å². The molecule has 6 aromatic rings. The highest BCUT2D eigenvalue weighted by Crippen LogP contribution is 2.38. The van der Waals surface area contributed by atoms with Crippen molar-refractivity contribution in [2.45, 2.75) is 266 Å². The SMILES string of the molecule is COc1cc2c(cc1C(=O)NCc1ccc(C(C)(C)C)cc1)CCCCC2.COc1cc2c(cc1CC(=O)N1CCC(C(C)(C)C)CC1)CCCCC2.COc1cc2c(cc1CC(=O)N1CCC(C)(F)CC1)CCCCC2.COc1cc2c(cc1CC(=O)Nc1ccc(C(C)(C)C)cc1)CCCCC2. The van der Waals surface area contributed by atoms with Gasteiger partial charge in [0.1, 0.15) is 28.7 Å². The average molecular weight is 1420 g/mol. The fourth-order valence-corrected chi connectivity index (χ4v) is 15.8. The van der Waals surface area contributed by atoms with Gasteiger partial charge < -0.3 is 39.4 Å². The quantitative estimate of drug-likeness (QED) is 0.103. The predicted molar refractivity (Wildman–Crippen MR) is 422 cm³/mol. The number of carbonyl (C=O) groups excluding carboxylic acids is 4. The van der Waals surface area contributed by atoms with Crippen molar-refractivity contribution in [1.29, 1.82) is 0 Å². The Kier molecular flexibility index (Phi) is 28.6. The van der Waals surface area contributed by atoms with Gasteiger partial charge in [-0.25, -0.2) is 4.39 Å². The van der Waals surface area contributed by atoms with E-state index in [1.165, 1.54) is 133 Å². The number of anilines is 1. The number of amides is 4. The van der Waals surface area contributed by atoms with E-state index >= 15 is 0 Å². The first-order valence-corrected chi connectivity index (χ1v) is 39.4. The second-order valence-electron chi connectivity index (χ2n) is 33.7. The van der Waals surface area contributed by atoms with Crippen LogP contribution in [0.5, 0.6) is 23.0 Å². The molecule has 0 atom stereocenters. The second-order valence-corrected chi connectivity index (χ2v) is 33.7. The van der Waals surface area contributed by atoms with Gasteiger partial charge in [0.05, 0.1) is 53.3 Å². The van der Waals surface area contributed by atoms with Crippen LogP contribution in [0.3, 0.4) is 0 Å². The number of hydrogen-bond donors (Lipinski definition) is 2. The number of ether oxygens (including phenoxy) is 4. The molecule has 2 N–H and O–H groups in total. The lowest BCUT2D eigenvalue weighted by atomic mass is 9.75. The summed E-state index contributed by atoms with van der Waals surface area (Å²) in [4.78, 5) is 54.8. The number of fused-ring (bicyclic) bond motifs is 4. The highest BCUT2D eigenvalue weighted by atomic mass is 19.1. The van der Waals surface area contributed by atoms with Crippen molar-refractivity contribution in [3.8, 4) is 23.0 Å². The minimum Gasteiger partial charge on any atom is -0.496 e. The van der Waals surface area contributed by atoms with Gasteiger partial charge >= 0.3 is 0 Å². The number of methoxy groups -OCH3 is 4. The molecule has 104 heavy (non-hydrogen) atoms. The minimum absolute atomic E-state index is 0.00891. The van der Waals surface area contributed by atoms with Gasteiger partial charge in [0.25, 0.3) is 5.91 Å². The van der Waals surface area contributed by atoms with Gasteiger partial charge in [-0.2, -0.15) is 0 Å². The molecule has 0 aromatic heterocycles. The van der Waals surface area contributed by atoms with Crippen LogP contribution in [0.15, 0.2) is 97.1 Å². The Morgan fingerprint density at radius 3 is 1.14 bits per heavy atom. The Labute approximate surface area is 624 Å². The Hall–Kier alpha value is -7.67. The zero-order valence-electron chi connectivity index (χ0n) is 66.0. The number of halogens is 1. The lowest BCUT2D eigenvalue weighted by molar-refractivity contribution is -0.133. The monoisotopic (exact) mass is 1420 g/mol. The lowest BCUT2D eigenvalue weighted by Gasteiger charge is -2.38. The number of nitrogens with one attached hydrogen (secondary N) is 2. The summed E-state index contributed by atoms with van der Waals surface area (Å²) >= 11 is 0. The molecule has 0 spiro atoms. The van der Waals surface area contributed by atoms with Crippen molar-refractivity contribution >= 4 is 29.3 Å². The molecule has 13 heteroatoms. The van der Waals surface area contributed by atoms with Crippen LogP contribution in [0, 0.1) is 11.3 Å². The van der Waals surface area contributed by atoms with E-state index in [2.05, 4.69) is 157 Å². The number of rotatable bonds is 14. The van der Waals surface area contributed by atoms with Gasteiger partial charge in [0.2, 0.25) is 17.7 Å². The maximum absolute atomic E-state index is 13.9. The van der Waals surface area contributed by atoms with Crippen molar-refractivity contribution in [3.63, 3.8) is 0 Å². The first-order valence-electron chi connectivity index (χ1n) is 39.4. The summed E-state index contributed by atoms with van der Waals surface area (Å²) in [5.74, 6) is 4.18. The van der Waals surface area contributed by atoms with Crippen molar-refractivity contribution in [2.24, 2.45) is 11.3 Å². The molecule has 6 aliphatic rings. The van der Waals surface area contributed by atoms with Gasteiger partial charge in [-0.1, -0.05) is 143 Å². The average Bonchev–Trinajstić information content (AvgIpc) is 1.51. The number of benzene rings is 6. The van der Waals surface area contributed by atoms with Crippen molar-refractivity contribution in [3.05, 3.63) is 181 Å². The van der Waals surface area contributed by atoms with Crippen LogP contribution < -0.4 is 29.6 Å². The molecule has 564 valence electrons. The second kappa shape index (κ2) is 37.0. The zero-order valence-corrected chi connectivity index (χ0v) is 66.0. The van der Waals surface area contributed by atoms with Crippen LogP contribution in [-0.2, 0) is 102 Å². The van der Waals surface area contributed by atoms with Crippen LogP contribution in [0.25, 0.3) is 0 Å². The molecular weight excluding hydrogens is 1300 g/mol. The van der Waals surface area contributed by atoms with E-state index in [1.54, 1.807) is 40.3 Å². The molecule has 0 bridgehead atoms. The Morgan fingerprint density at radius 1 is 0.442 bits per heavy atom. The van der Waals surface area contributed by atoms with Gasteiger partial charge in [-0.05, 0) is 261 Å². The summed E-state index contributed by atoms with van der Waals surface area (Å²) in [7, 11) is 6.72. The van der Waals surface area contributed by atoms with Gasteiger partial charge in [-0.15, -0.1) is 0 Å². The summed E-state index contributed by atoms with van der Waals surface area (Å²) in [6, 6.07) is 33.7. The van der Waals surface area contributed by atoms with Crippen LogP contribution in [0.2, 0.25) is 0 Å². The lowest BCUT2D eigenvalue weighted by Crippen LogP contribution is -2.43. The number of aryl methyl sites for hydroxylation is 8. The standard InChI is InChI=1S/2C24H31NO2.C23H35NO2.C20H28FNO2/c1-24(2,3)20-12-10-17(11-13-20)16-25-23(26)21-14-18-8-6-5-7-9-19(18)15-22(21)27-4;1-24(2,3)20-10-12-21(13-11-20)25-23(26)16-19-14-17-8-6-5-7-9-18(17)15-22(19)27-4;1-23(2,3)20-10-12-24(13-11-20)22(25)16-19-14-17-8-6-5-7-9-18(17)15-21(19)26-4;1-20(21)8-10-22(11-9-20)19(23)14-17-12-15-6-4-3-5-7-16(15)13-18(17)24-2/h2*10-15H,5-9,16H2,1-4H3,(H,25,26);14-15,20H,5-13,16H2,1-4H3;12-13H,3-11,14H2,1-2H3. The Bertz CT molecular complexity index is 3830. The molecule has 6 aromatic carbocycles. The van der Waals surface area contributed by atoms with E-state index in [0.717, 1.165) is 122 Å². The number of alkyl halides is 1. The molecule has 4 amide bonds. The Morgan fingerprint density at radius 2 is 0.779 bits per heavy atom. The van der Waals surface area contributed by atoms with E-state index in [4.69, 9.17) is 18.9 Å². The van der Waals surface area contributed by atoms with E-state index in [0.29, 0.717) is 74.4 Å². The molecule has 0 unspecified atom stereocenters. The molecule has 12 nitrogen and oxygen atoms in total. The molecule has 2 aliphatic heterocycles. The molecular formula is C91H125FN4O8. The van der Waals surface area contributed by atoms with Crippen LogP contribution >= 0.6 is 0 Å². The molecule has 0 saturated carbocycles. The highest BCUT2D eigenvalue weighted by Gasteiger charge is 2.33. The fraction of sp³-hybridized carbons (Fsp3) is 0.560. The third kappa shape index (κ3) is 22.9. The smallest absolute Gasteiger partial charge is 0.255 e. The Balaban J connectivity index is 0.000000161. The maximum atomic E-state index is 13.9. The van der Waals surface area contributed by atoms with Crippen LogP contribution in [0.1, 0.15) is 260 Å². The van der Waals surface area contributed by atoms with Crippen molar-refractivity contribution < 1.29 is 42.5 Å². The summed E-state index contributed by atoms with van der Waals surface area (Å²) in [5.41, 5.74) is 18.6. The van der Waals surface area contributed by atoms with Crippen LogP contribution in [0.4, 0.5) is 10.1 Å². The summed E-state index contributed by atoms with van der Waals surface area (Å²) in [5, 5.41) is 6.07. The number of hydrogen-bond acceptors (Lipinski definition) is 8. The number of carbonyl (C=O) groups is 4. The zero-order chi connectivity index (χ0) is 74.8. The first-order chi connectivity index (χ1) is 49.6. The molecule has 12 rings (SSSR count). The highest BCUT2D eigenvalue weighted by molar-refractivity contribution is 5.97. The third-order valence-electron chi connectivity index (χ3n) is 22.7. The normalized spacial score (nSPS) is 16.8. The molecule has 4 aliphatic carbocycles. The fourth-order valence-electron chi connectivity index (χ4n) is 15.8. The van der Waals surface area contributed by atoms with E-state index in [1.807, 2.05) is 18.2 Å². The number of piperidine rings is 2. The van der Waals surface area contributed by atoms with Crippen molar-refractivity contribution in [1.82, 2.24) is 15.1 Å². The van der Waals surface area contributed by atoms with Crippen molar-refractivity contribution in [2.75, 3.05) is 59.9 Å². The predicted octanol–water partition coefficient (Wildman–Crippen LogP) is 19.3. The van der Waals surface area contributed by atoms with E-state index < -0.39 is 5.67 Å². The van der Waals surface area contributed by atoms with Crippen LogP contribution in [-0.4, -0.2) is 93.7 Å². The maximum Gasteiger partial charge on any atom is 0.255 e. The molecule has 2 saturated heterocycles. The third-order valence-corrected chi connectivity index (χ3v) is 22.7. The summed E-state index contributed by atoms with van der Waals surface area (Å²) < 4.78 is 36.2. The summed E-state index contributed by atoms with van der Waals surface area (Å²) in [6.45, 7) is 25.1. The number of likely N-dealkylation sites (tertiary alicyclic amines) is 2. The van der Waals surface area contributed by atoms with Gasteiger partial charge in [-0.3, -0.25) is 19.2 Å². The molecule has 0 radical (unpaired) electrons. The molecule has 2 heterocycles. The summed E-state index contributed by atoms with van der Waals surface area (Å²) in [6.07, 6.45) is 28.0. The topological polar surface area (TPSA) is 136 Å². The first kappa shape index (κ1) is 80.4. The minimum atomic E-state index is -1.13.